The van der Waals surface area contributed by atoms with Crippen LogP contribution in [-0.2, 0) is 14.8 Å². The van der Waals surface area contributed by atoms with Crippen LogP contribution in [0.4, 0.5) is 0 Å². The van der Waals surface area contributed by atoms with Crippen molar-refractivity contribution in [3.05, 3.63) is 23.8 Å². The number of benzene rings is 1. The zero-order valence-corrected chi connectivity index (χ0v) is 8.08. The van der Waals surface area contributed by atoms with Crippen molar-refractivity contribution >= 4 is 16.1 Å². The van der Waals surface area contributed by atoms with Gasteiger partial charge in [0, 0.05) is 0 Å². The molecule has 0 heterocycles. The Balaban J connectivity index is 3.49. The van der Waals surface area contributed by atoms with E-state index in [1.54, 1.807) is 13.0 Å². The van der Waals surface area contributed by atoms with Crippen LogP contribution in [0.2, 0.25) is 0 Å². The van der Waals surface area contributed by atoms with Crippen molar-refractivity contribution < 1.29 is 18.3 Å². The van der Waals surface area contributed by atoms with Crippen molar-refractivity contribution in [1.29, 1.82) is 0 Å². The van der Waals surface area contributed by atoms with Gasteiger partial charge in [-0.1, -0.05) is 16.5 Å². The second-order valence-corrected chi connectivity index (χ2v) is 4.15. The van der Waals surface area contributed by atoms with E-state index in [2.05, 4.69) is 4.40 Å². The molecule has 0 saturated carbocycles. The maximum atomic E-state index is 11.2. The molecule has 5 nitrogen and oxygen atoms in total. The largest absolute Gasteiger partial charge is 0.506 e. The molecule has 1 aromatic rings. The Morgan fingerprint density at radius 1 is 1.43 bits per heavy atom. The average molecular weight is 213 g/mol. The Kier molecular flexibility index (Phi) is 2.69. The van der Waals surface area contributed by atoms with Crippen molar-refractivity contribution in [1.82, 2.24) is 0 Å². The SMILES string of the molecule is Cc1cccc(S(=O)(=O)N=C=O)c1O. The number of sulfonamides is 1. The van der Waals surface area contributed by atoms with E-state index in [9.17, 15) is 18.3 Å². The van der Waals surface area contributed by atoms with Crippen LogP contribution >= 0.6 is 0 Å². The van der Waals surface area contributed by atoms with Gasteiger partial charge in [-0.3, -0.25) is 0 Å². The third-order valence-electron chi connectivity index (χ3n) is 1.64. The first-order valence-electron chi connectivity index (χ1n) is 3.62. The lowest BCUT2D eigenvalue weighted by molar-refractivity contribution is 0.454. The Bertz CT molecular complexity index is 500. The third kappa shape index (κ3) is 1.81. The molecule has 0 saturated heterocycles. The summed E-state index contributed by atoms with van der Waals surface area (Å²) in [5.74, 6) is -0.397. The normalized spacial score (nSPS) is 10.6. The molecule has 0 aromatic heterocycles. The number of aryl methyl sites for hydroxylation is 1. The van der Waals surface area contributed by atoms with Crippen LogP contribution < -0.4 is 0 Å². The Hall–Kier alpha value is -1.65. The Morgan fingerprint density at radius 2 is 2.07 bits per heavy atom. The number of nitrogens with zero attached hydrogens (tertiary/aromatic N) is 1. The lowest BCUT2D eigenvalue weighted by Crippen LogP contribution is -1.97. The molecular formula is C8H7NO4S. The van der Waals surface area contributed by atoms with Crippen molar-refractivity contribution in [2.75, 3.05) is 0 Å². The highest BCUT2D eigenvalue weighted by molar-refractivity contribution is 7.90. The number of hydrogen-bond acceptors (Lipinski definition) is 4. The van der Waals surface area contributed by atoms with Gasteiger partial charge in [-0.25, -0.2) is 4.79 Å². The van der Waals surface area contributed by atoms with Gasteiger partial charge >= 0.3 is 0 Å². The van der Waals surface area contributed by atoms with E-state index in [0.29, 0.717) is 5.56 Å². The Labute approximate surface area is 80.8 Å². The van der Waals surface area contributed by atoms with Crippen LogP contribution in [0.25, 0.3) is 0 Å². The molecule has 0 unspecified atom stereocenters. The predicted octanol–water partition coefficient (Wildman–Crippen LogP) is 0.725. The van der Waals surface area contributed by atoms with E-state index >= 15 is 0 Å². The van der Waals surface area contributed by atoms with E-state index in [4.69, 9.17) is 0 Å². The standard InChI is InChI=1S/C8H7NO4S/c1-6-3-2-4-7(8(6)11)14(12,13)9-5-10/h2-4,11H,1H3. The predicted molar refractivity (Wildman–Crippen MR) is 48.2 cm³/mol. The van der Waals surface area contributed by atoms with Crippen molar-refractivity contribution in [2.45, 2.75) is 11.8 Å². The molecule has 0 fully saturated rings. The third-order valence-corrected chi connectivity index (χ3v) is 2.84. The van der Waals surface area contributed by atoms with E-state index in [1.165, 1.54) is 12.1 Å². The van der Waals surface area contributed by atoms with Crippen LogP contribution in [0.1, 0.15) is 5.56 Å². The maximum Gasteiger partial charge on any atom is 0.296 e. The molecule has 0 aliphatic carbocycles. The first kappa shape index (κ1) is 10.4. The number of para-hydroxylation sites is 1. The van der Waals surface area contributed by atoms with Gasteiger partial charge in [-0.2, -0.15) is 8.42 Å². The molecule has 0 atom stereocenters. The number of aromatic hydroxyl groups is 1. The number of carbonyl (C=O) groups excluding carboxylic acids is 1. The summed E-state index contributed by atoms with van der Waals surface area (Å²) in [6.45, 7) is 1.54. The number of rotatable bonds is 2. The van der Waals surface area contributed by atoms with Crippen LogP contribution in [0.15, 0.2) is 27.5 Å². The van der Waals surface area contributed by atoms with Crippen molar-refractivity contribution in [3.8, 4) is 5.75 Å². The molecule has 6 heteroatoms. The lowest BCUT2D eigenvalue weighted by Gasteiger charge is -2.02. The van der Waals surface area contributed by atoms with Crippen LogP contribution in [0, 0.1) is 6.92 Å². The fourth-order valence-corrected chi connectivity index (χ4v) is 1.79. The minimum absolute atomic E-state index is 0.388. The summed E-state index contributed by atoms with van der Waals surface area (Å²) in [6, 6.07) is 4.15. The van der Waals surface area contributed by atoms with Crippen molar-refractivity contribution in [3.63, 3.8) is 0 Å². The summed E-state index contributed by atoms with van der Waals surface area (Å²) < 4.78 is 25.1. The second-order valence-electron chi connectivity index (χ2n) is 2.58. The fraction of sp³-hybridized carbons (Fsp3) is 0.125. The summed E-state index contributed by atoms with van der Waals surface area (Å²) in [5.41, 5.74) is 0.396. The summed E-state index contributed by atoms with van der Waals surface area (Å²) in [5, 5.41) is 9.39. The molecule has 1 aromatic carbocycles. The highest BCUT2D eigenvalue weighted by Crippen LogP contribution is 2.26. The van der Waals surface area contributed by atoms with Gasteiger partial charge in [0.2, 0.25) is 0 Å². The first-order valence-corrected chi connectivity index (χ1v) is 5.06. The Morgan fingerprint density at radius 3 is 2.64 bits per heavy atom. The first-order chi connectivity index (χ1) is 6.49. The molecule has 14 heavy (non-hydrogen) atoms. The lowest BCUT2D eigenvalue weighted by atomic mass is 10.2. The van der Waals surface area contributed by atoms with Gasteiger partial charge in [-0.15, -0.1) is 0 Å². The van der Waals surface area contributed by atoms with Gasteiger partial charge in [0.05, 0.1) is 0 Å². The molecule has 0 bridgehead atoms. The molecule has 0 spiro atoms. The molecule has 74 valence electrons. The zero-order valence-electron chi connectivity index (χ0n) is 7.26. The summed E-state index contributed by atoms with van der Waals surface area (Å²) in [6.07, 6.45) is 0.929. The highest BCUT2D eigenvalue weighted by atomic mass is 32.2. The van der Waals surface area contributed by atoms with E-state index in [-0.39, 0.29) is 4.90 Å². The van der Waals surface area contributed by atoms with Crippen molar-refractivity contribution in [2.24, 2.45) is 4.40 Å². The summed E-state index contributed by atoms with van der Waals surface area (Å²) in [4.78, 5) is 9.45. The van der Waals surface area contributed by atoms with Gasteiger partial charge < -0.3 is 5.11 Å². The topological polar surface area (TPSA) is 83.8 Å². The average Bonchev–Trinajstić information content (AvgIpc) is 2.09. The zero-order chi connectivity index (χ0) is 10.8. The maximum absolute atomic E-state index is 11.2. The summed E-state index contributed by atoms with van der Waals surface area (Å²) in [7, 11) is -4.11. The molecule has 0 amide bonds. The molecule has 1 rings (SSSR count). The van der Waals surface area contributed by atoms with Gasteiger partial charge in [0.15, 0.2) is 0 Å². The van der Waals surface area contributed by atoms with E-state index in [1.807, 2.05) is 0 Å². The molecule has 0 aliphatic heterocycles. The van der Waals surface area contributed by atoms with Crippen LogP contribution in [-0.4, -0.2) is 19.6 Å². The van der Waals surface area contributed by atoms with Crippen LogP contribution in [0.3, 0.4) is 0 Å². The molecule has 1 N–H and O–H groups in total. The number of phenolic OH excluding ortho intramolecular Hbond substituents is 1. The van der Waals surface area contributed by atoms with Crippen LogP contribution in [0.5, 0.6) is 5.75 Å². The van der Waals surface area contributed by atoms with Gasteiger partial charge in [0.25, 0.3) is 16.1 Å². The van der Waals surface area contributed by atoms with Gasteiger partial charge in [-0.05, 0) is 18.6 Å². The fourth-order valence-electron chi connectivity index (χ4n) is 0.938. The highest BCUT2D eigenvalue weighted by Gasteiger charge is 2.18. The molecule has 0 radical (unpaired) electrons. The minimum Gasteiger partial charge on any atom is -0.506 e. The number of isocyanates is 1. The number of phenols is 1. The van der Waals surface area contributed by atoms with E-state index < -0.39 is 15.8 Å². The minimum atomic E-state index is -4.11. The van der Waals surface area contributed by atoms with Gasteiger partial charge in [0.1, 0.15) is 10.6 Å². The second kappa shape index (κ2) is 3.61. The van der Waals surface area contributed by atoms with E-state index in [0.717, 1.165) is 6.08 Å². The quantitative estimate of drug-likeness (QED) is 0.579. The number of hydrogen-bond donors (Lipinski definition) is 1. The monoisotopic (exact) mass is 213 g/mol. The molecule has 0 aliphatic rings. The summed E-state index contributed by atoms with van der Waals surface area (Å²) >= 11 is 0. The molecular weight excluding hydrogens is 206 g/mol. The smallest absolute Gasteiger partial charge is 0.296 e.